The second kappa shape index (κ2) is 7.08. The van der Waals surface area contributed by atoms with Crippen LogP contribution < -0.4 is 10.6 Å². The largest absolute Gasteiger partial charge is 0.471 e. The minimum atomic E-state index is -3.93. The van der Waals surface area contributed by atoms with E-state index in [0.29, 0.717) is 0 Å². The first kappa shape index (κ1) is 14.6. The maximum Gasteiger partial charge on any atom is 0.471 e. The summed E-state index contributed by atoms with van der Waals surface area (Å²) in [5, 5.41) is 5.84. The second-order valence-electron chi connectivity index (χ2n) is 3.80. The number of phosphoric ester groups is 1. The number of carbonyl (C=O) groups excluding carboxylic acids is 1. The lowest BCUT2D eigenvalue weighted by atomic mass is 9.97. The van der Waals surface area contributed by atoms with Crippen LogP contribution in [0.25, 0.3) is 0 Å². The van der Waals surface area contributed by atoms with Crippen molar-refractivity contribution in [1.82, 2.24) is 10.6 Å². The highest BCUT2D eigenvalue weighted by Gasteiger charge is 2.21. The van der Waals surface area contributed by atoms with Crippen LogP contribution in [0.2, 0.25) is 0 Å². The van der Waals surface area contributed by atoms with E-state index in [9.17, 15) is 9.36 Å². The van der Waals surface area contributed by atoms with Crippen LogP contribution in [0.4, 0.5) is 0 Å². The van der Waals surface area contributed by atoms with Crippen molar-refractivity contribution in [1.29, 1.82) is 0 Å². The van der Waals surface area contributed by atoms with Gasteiger partial charge >= 0.3 is 7.82 Å². The SMILES string of the molecule is COP(=O)(O)OCCNC(=O)C1CCNCC1. The lowest BCUT2D eigenvalue weighted by Crippen LogP contribution is -2.39. The van der Waals surface area contributed by atoms with Crippen LogP contribution >= 0.6 is 7.82 Å². The molecule has 0 aliphatic carbocycles. The molecule has 1 aliphatic heterocycles. The minimum absolute atomic E-state index is 0.0274. The Morgan fingerprint density at radius 3 is 2.76 bits per heavy atom. The third kappa shape index (κ3) is 5.61. The van der Waals surface area contributed by atoms with Gasteiger partial charge in [0, 0.05) is 19.6 Å². The molecule has 0 aromatic carbocycles. The van der Waals surface area contributed by atoms with Crippen molar-refractivity contribution in [2.75, 3.05) is 33.4 Å². The quantitative estimate of drug-likeness (QED) is 0.457. The molecule has 1 saturated heterocycles. The predicted octanol–water partition coefficient (Wildman–Crippen LogP) is -0.134. The molecule has 0 aromatic heterocycles. The van der Waals surface area contributed by atoms with Gasteiger partial charge in [0.25, 0.3) is 0 Å². The van der Waals surface area contributed by atoms with E-state index in [0.717, 1.165) is 33.0 Å². The van der Waals surface area contributed by atoms with Gasteiger partial charge in [0.15, 0.2) is 0 Å². The molecule has 1 atom stereocenters. The van der Waals surface area contributed by atoms with Crippen LogP contribution in [0, 0.1) is 5.92 Å². The van der Waals surface area contributed by atoms with Crippen LogP contribution in [-0.2, 0) is 18.4 Å². The maximum atomic E-state index is 11.6. The van der Waals surface area contributed by atoms with Crippen LogP contribution in [0.5, 0.6) is 0 Å². The normalized spacial score (nSPS) is 20.8. The summed E-state index contributed by atoms with van der Waals surface area (Å²) in [4.78, 5) is 20.6. The van der Waals surface area contributed by atoms with Gasteiger partial charge in [-0.05, 0) is 25.9 Å². The molecule has 0 spiro atoms. The van der Waals surface area contributed by atoms with Gasteiger partial charge in [-0.2, -0.15) is 0 Å². The number of phosphoric acid groups is 1. The zero-order chi connectivity index (χ0) is 12.7. The average Bonchev–Trinajstić information content (AvgIpc) is 2.35. The van der Waals surface area contributed by atoms with Crippen LogP contribution in [-0.4, -0.2) is 44.2 Å². The zero-order valence-corrected chi connectivity index (χ0v) is 10.7. The molecular formula is C9H19N2O5P. The summed E-state index contributed by atoms with van der Waals surface area (Å²) in [6.45, 7) is 1.86. The van der Waals surface area contributed by atoms with Gasteiger partial charge in [0.2, 0.25) is 5.91 Å². The summed E-state index contributed by atoms with van der Waals surface area (Å²) >= 11 is 0. The fraction of sp³-hybridized carbons (Fsp3) is 0.889. The lowest BCUT2D eigenvalue weighted by Gasteiger charge is -2.21. The van der Waals surface area contributed by atoms with Crippen molar-refractivity contribution in [3.8, 4) is 0 Å². The van der Waals surface area contributed by atoms with Crippen molar-refractivity contribution >= 4 is 13.7 Å². The lowest BCUT2D eigenvalue weighted by molar-refractivity contribution is -0.125. The molecule has 0 saturated carbocycles. The standard InChI is InChI=1S/C9H19N2O5P/c1-15-17(13,14)16-7-6-11-9(12)8-2-4-10-5-3-8/h8,10H,2-7H2,1H3,(H,11,12)(H,13,14). The number of hydrogen-bond donors (Lipinski definition) is 3. The summed E-state index contributed by atoms with van der Waals surface area (Å²) < 4.78 is 19.7. The van der Waals surface area contributed by atoms with E-state index >= 15 is 0 Å². The monoisotopic (exact) mass is 266 g/mol. The van der Waals surface area contributed by atoms with E-state index in [4.69, 9.17) is 4.89 Å². The second-order valence-corrected chi connectivity index (χ2v) is 5.36. The number of nitrogens with one attached hydrogen (secondary N) is 2. The molecule has 1 rings (SSSR count). The molecule has 1 unspecified atom stereocenters. The van der Waals surface area contributed by atoms with Gasteiger partial charge in [-0.3, -0.25) is 13.8 Å². The van der Waals surface area contributed by atoms with Gasteiger partial charge in [-0.1, -0.05) is 0 Å². The Morgan fingerprint density at radius 1 is 1.53 bits per heavy atom. The highest BCUT2D eigenvalue weighted by atomic mass is 31.2. The fourth-order valence-corrected chi connectivity index (χ4v) is 2.04. The molecular weight excluding hydrogens is 247 g/mol. The zero-order valence-electron chi connectivity index (χ0n) is 9.85. The molecule has 0 bridgehead atoms. The van der Waals surface area contributed by atoms with E-state index in [-0.39, 0.29) is 25.0 Å². The Kier molecular flexibility index (Phi) is 6.08. The maximum absolute atomic E-state index is 11.6. The summed E-state index contributed by atoms with van der Waals surface area (Å²) in [6, 6.07) is 0. The van der Waals surface area contributed by atoms with E-state index in [1.165, 1.54) is 0 Å². The minimum Gasteiger partial charge on any atom is -0.354 e. The van der Waals surface area contributed by atoms with E-state index in [1.807, 2.05) is 0 Å². The Morgan fingerprint density at radius 2 is 2.18 bits per heavy atom. The number of hydrogen-bond acceptors (Lipinski definition) is 5. The molecule has 0 radical (unpaired) electrons. The molecule has 8 heteroatoms. The van der Waals surface area contributed by atoms with Crippen molar-refractivity contribution in [3.63, 3.8) is 0 Å². The molecule has 0 aromatic rings. The molecule has 1 fully saturated rings. The van der Waals surface area contributed by atoms with Crippen LogP contribution in [0.15, 0.2) is 0 Å². The predicted molar refractivity (Wildman–Crippen MR) is 61.4 cm³/mol. The fourth-order valence-electron chi connectivity index (χ4n) is 1.62. The van der Waals surface area contributed by atoms with Gasteiger partial charge < -0.3 is 15.5 Å². The first-order valence-electron chi connectivity index (χ1n) is 5.56. The van der Waals surface area contributed by atoms with Gasteiger partial charge in [0.05, 0.1) is 6.61 Å². The van der Waals surface area contributed by atoms with E-state index in [2.05, 4.69) is 19.7 Å². The summed E-state index contributed by atoms with van der Waals surface area (Å²) in [5.41, 5.74) is 0. The summed E-state index contributed by atoms with van der Waals surface area (Å²) in [5.74, 6) is -0.0000970. The van der Waals surface area contributed by atoms with Crippen molar-refractivity contribution in [3.05, 3.63) is 0 Å². The highest BCUT2D eigenvalue weighted by Crippen LogP contribution is 2.41. The van der Waals surface area contributed by atoms with Gasteiger partial charge in [0.1, 0.15) is 0 Å². The molecule has 1 aliphatic rings. The Hall–Kier alpha value is -0.460. The molecule has 1 amide bonds. The first-order chi connectivity index (χ1) is 8.05. The van der Waals surface area contributed by atoms with E-state index in [1.54, 1.807) is 0 Å². The third-order valence-corrected chi connectivity index (χ3v) is 3.57. The van der Waals surface area contributed by atoms with Gasteiger partial charge in [-0.15, -0.1) is 0 Å². The van der Waals surface area contributed by atoms with E-state index < -0.39 is 7.82 Å². The Bertz CT molecular complexity index is 293. The molecule has 17 heavy (non-hydrogen) atoms. The molecule has 3 N–H and O–H groups in total. The Labute approximate surface area is 100 Å². The Balaban J connectivity index is 2.13. The van der Waals surface area contributed by atoms with Crippen LogP contribution in [0.3, 0.4) is 0 Å². The van der Waals surface area contributed by atoms with Crippen molar-refractivity contribution in [2.45, 2.75) is 12.8 Å². The third-order valence-electron chi connectivity index (χ3n) is 2.60. The van der Waals surface area contributed by atoms with Crippen molar-refractivity contribution < 1.29 is 23.3 Å². The molecule has 100 valence electrons. The average molecular weight is 266 g/mol. The summed E-state index contributed by atoms with van der Waals surface area (Å²) in [6.07, 6.45) is 1.65. The van der Waals surface area contributed by atoms with Crippen LogP contribution in [0.1, 0.15) is 12.8 Å². The van der Waals surface area contributed by atoms with Gasteiger partial charge in [-0.25, -0.2) is 4.57 Å². The highest BCUT2D eigenvalue weighted by molar-refractivity contribution is 7.47. The molecule has 7 nitrogen and oxygen atoms in total. The number of amides is 1. The summed E-state index contributed by atoms with van der Waals surface area (Å²) in [7, 11) is -2.84. The smallest absolute Gasteiger partial charge is 0.354 e. The number of rotatable bonds is 6. The molecule has 1 heterocycles. The number of piperidine rings is 1. The first-order valence-corrected chi connectivity index (χ1v) is 7.06. The number of carbonyl (C=O) groups is 1. The van der Waals surface area contributed by atoms with Crippen molar-refractivity contribution in [2.24, 2.45) is 5.92 Å². The topological polar surface area (TPSA) is 96.9 Å².